The van der Waals surface area contributed by atoms with Crippen molar-refractivity contribution in [1.82, 2.24) is 0 Å². The zero-order chi connectivity index (χ0) is 12.9. The third-order valence-electron chi connectivity index (χ3n) is 2.67. The highest BCUT2D eigenvalue weighted by atomic mass is 35.5. The number of aliphatic hydroxyl groups is 1. The number of benzene rings is 1. The quantitative estimate of drug-likeness (QED) is 0.847. The molecule has 0 saturated heterocycles. The van der Waals surface area contributed by atoms with E-state index in [1.54, 1.807) is 18.2 Å². The van der Waals surface area contributed by atoms with E-state index in [0.29, 0.717) is 29.2 Å². The van der Waals surface area contributed by atoms with E-state index in [2.05, 4.69) is 25.2 Å². The van der Waals surface area contributed by atoms with Crippen LogP contribution in [0.4, 0.5) is 5.69 Å². The van der Waals surface area contributed by atoms with Crippen LogP contribution in [-0.2, 0) is 0 Å². The number of nitrogens with zero attached hydrogens (tertiary/aromatic N) is 1. The van der Waals surface area contributed by atoms with Crippen LogP contribution in [0.3, 0.4) is 0 Å². The second-order valence-corrected chi connectivity index (χ2v) is 5.17. The molecule has 1 aromatic rings. The number of rotatable bonds is 5. The lowest BCUT2D eigenvalue weighted by atomic mass is 9.89. The highest BCUT2D eigenvalue weighted by Crippen LogP contribution is 2.28. The lowest BCUT2D eigenvalue weighted by Crippen LogP contribution is -2.24. The molecule has 0 unspecified atom stereocenters. The predicted molar refractivity (Wildman–Crippen MR) is 70.1 cm³/mol. The minimum Gasteiger partial charge on any atom is -0.396 e. The maximum absolute atomic E-state index is 8.99. The topological polar surface area (TPSA) is 56.0 Å². The maximum Gasteiger partial charge on any atom is 0.101 e. The van der Waals surface area contributed by atoms with E-state index >= 15 is 0 Å². The van der Waals surface area contributed by atoms with Gasteiger partial charge in [-0.05, 0) is 24.0 Å². The summed E-state index contributed by atoms with van der Waals surface area (Å²) in [7, 11) is 0. The molecule has 0 radical (unpaired) electrons. The van der Waals surface area contributed by atoms with Gasteiger partial charge in [0.2, 0.25) is 0 Å². The number of halogens is 1. The Morgan fingerprint density at radius 2 is 2.18 bits per heavy atom. The van der Waals surface area contributed by atoms with E-state index in [-0.39, 0.29) is 12.0 Å². The molecular formula is C13H17ClN2O. The first-order valence-corrected chi connectivity index (χ1v) is 5.91. The molecule has 92 valence electrons. The predicted octanol–water partition coefficient (Wildman–Crippen LogP) is 3.03. The smallest absolute Gasteiger partial charge is 0.101 e. The summed E-state index contributed by atoms with van der Waals surface area (Å²) in [5, 5.41) is 21.7. The highest BCUT2D eigenvalue weighted by Gasteiger charge is 2.18. The normalized spacial score (nSPS) is 11.0. The van der Waals surface area contributed by atoms with E-state index in [1.807, 2.05) is 0 Å². The summed E-state index contributed by atoms with van der Waals surface area (Å²) in [6.07, 6.45) is 0.701. The number of para-hydroxylation sites is 1. The molecule has 3 nitrogen and oxygen atoms in total. The molecule has 0 amide bonds. The van der Waals surface area contributed by atoms with Crippen molar-refractivity contribution in [3.63, 3.8) is 0 Å². The van der Waals surface area contributed by atoms with Crippen LogP contribution >= 0.6 is 11.6 Å². The van der Waals surface area contributed by atoms with Crippen molar-refractivity contribution < 1.29 is 5.11 Å². The molecule has 17 heavy (non-hydrogen) atoms. The fraction of sp³-hybridized carbons (Fsp3) is 0.462. The summed E-state index contributed by atoms with van der Waals surface area (Å²) in [5.41, 5.74) is 1.17. The summed E-state index contributed by atoms with van der Waals surface area (Å²) in [4.78, 5) is 0. The second kappa shape index (κ2) is 5.90. The molecule has 0 aliphatic rings. The van der Waals surface area contributed by atoms with Gasteiger partial charge < -0.3 is 10.4 Å². The molecule has 0 spiro atoms. The van der Waals surface area contributed by atoms with Gasteiger partial charge in [-0.25, -0.2) is 0 Å². The van der Waals surface area contributed by atoms with E-state index in [4.69, 9.17) is 22.0 Å². The van der Waals surface area contributed by atoms with Crippen LogP contribution in [0.15, 0.2) is 18.2 Å². The molecule has 2 N–H and O–H groups in total. The largest absolute Gasteiger partial charge is 0.396 e. The van der Waals surface area contributed by atoms with Gasteiger partial charge in [-0.3, -0.25) is 0 Å². The van der Waals surface area contributed by atoms with Gasteiger partial charge in [0.05, 0.1) is 16.3 Å². The van der Waals surface area contributed by atoms with Crippen LogP contribution in [0, 0.1) is 16.7 Å². The fourth-order valence-corrected chi connectivity index (χ4v) is 1.76. The SMILES string of the molecule is CC(C)(CCO)CNc1c(Cl)cccc1C#N. The van der Waals surface area contributed by atoms with Gasteiger partial charge in [0.15, 0.2) is 0 Å². The van der Waals surface area contributed by atoms with Gasteiger partial charge in [0.25, 0.3) is 0 Å². The second-order valence-electron chi connectivity index (χ2n) is 4.77. The summed E-state index contributed by atoms with van der Waals surface area (Å²) in [6.45, 7) is 4.92. The molecule has 0 bridgehead atoms. The highest BCUT2D eigenvalue weighted by molar-refractivity contribution is 6.33. The number of nitrogens with one attached hydrogen (secondary N) is 1. The van der Waals surface area contributed by atoms with Crippen molar-refractivity contribution in [1.29, 1.82) is 5.26 Å². The fourth-order valence-electron chi connectivity index (χ4n) is 1.52. The van der Waals surface area contributed by atoms with Crippen LogP contribution in [0.2, 0.25) is 5.02 Å². The summed E-state index contributed by atoms with van der Waals surface area (Å²) >= 11 is 6.05. The van der Waals surface area contributed by atoms with Crippen LogP contribution in [0.5, 0.6) is 0 Å². The number of anilines is 1. The molecule has 4 heteroatoms. The molecule has 0 saturated carbocycles. The Morgan fingerprint density at radius 1 is 1.47 bits per heavy atom. The molecule has 1 rings (SSSR count). The van der Waals surface area contributed by atoms with Gasteiger partial charge in [0, 0.05) is 13.2 Å². The number of hydrogen-bond donors (Lipinski definition) is 2. The van der Waals surface area contributed by atoms with Crippen molar-refractivity contribution in [3.05, 3.63) is 28.8 Å². The Bertz CT molecular complexity index is 424. The average Bonchev–Trinajstić information content (AvgIpc) is 2.27. The molecule has 0 fully saturated rings. The molecular weight excluding hydrogens is 236 g/mol. The molecule has 0 heterocycles. The van der Waals surface area contributed by atoms with Crippen molar-refractivity contribution in [3.8, 4) is 6.07 Å². The van der Waals surface area contributed by atoms with E-state index in [1.165, 1.54) is 0 Å². The number of nitriles is 1. The third kappa shape index (κ3) is 3.92. The Morgan fingerprint density at radius 3 is 2.76 bits per heavy atom. The minimum atomic E-state index is -0.0410. The first-order chi connectivity index (χ1) is 8.00. The first-order valence-electron chi connectivity index (χ1n) is 5.53. The average molecular weight is 253 g/mol. The zero-order valence-electron chi connectivity index (χ0n) is 10.1. The van der Waals surface area contributed by atoms with Crippen LogP contribution in [0.1, 0.15) is 25.8 Å². The summed E-state index contributed by atoms with van der Waals surface area (Å²) in [6, 6.07) is 7.35. The molecule has 0 atom stereocenters. The van der Waals surface area contributed by atoms with E-state index < -0.39 is 0 Å². The molecule has 1 aromatic carbocycles. The third-order valence-corrected chi connectivity index (χ3v) is 2.98. The Labute approximate surface area is 107 Å². The van der Waals surface area contributed by atoms with Gasteiger partial charge in [-0.1, -0.05) is 31.5 Å². The van der Waals surface area contributed by atoms with Crippen LogP contribution in [-0.4, -0.2) is 18.3 Å². The van der Waals surface area contributed by atoms with E-state index in [0.717, 1.165) is 0 Å². The van der Waals surface area contributed by atoms with Crippen molar-refractivity contribution in [2.24, 2.45) is 5.41 Å². The Balaban J connectivity index is 2.79. The first kappa shape index (κ1) is 13.8. The summed E-state index contributed by atoms with van der Waals surface area (Å²) < 4.78 is 0. The van der Waals surface area contributed by atoms with Gasteiger partial charge >= 0.3 is 0 Å². The lowest BCUT2D eigenvalue weighted by Gasteiger charge is -2.25. The van der Waals surface area contributed by atoms with Gasteiger partial charge in [-0.2, -0.15) is 5.26 Å². The number of aliphatic hydroxyl groups excluding tert-OH is 1. The summed E-state index contributed by atoms with van der Waals surface area (Å²) in [5.74, 6) is 0. The van der Waals surface area contributed by atoms with Gasteiger partial charge in [0.1, 0.15) is 6.07 Å². The Hall–Kier alpha value is -1.24. The monoisotopic (exact) mass is 252 g/mol. The zero-order valence-corrected chi connectivity index (χ0v) is 10.9. The molecule has 0 aromatic heterocycles. The van der Waals surface area contributed by atoms with Crippen molar-refractivity contribution in [2.75, 3.05) is 18.5 Å². The standard InChI is InChI=1S/C13H17ClN2O/c1-13(2,6-7-17)9-16-12-10(8-15)4-3-5-11(12)14/h3-5,16-17H,6-7,9H2,1-2H3. The molecule has 0 aliphatic heterocycles. The van der Waals surface area contributed by atoms with Gasteiger partial charge in [-0.15, -0.1) is 0 Å². The minimum absolute atomic E-state index is 0.0410. The van der Waals surface area contributed by atoms with E-state index in [9.17, 15) is 0 Å². The van der Waals surface area contributed by atoms with Crippen molar-refractivity contribution in [2.45, 2.75) is 20.3 Å². The molecule has 0 aliphatic carbocycles. The van der Waals surface area contributed by atoms with Crippen molar-refractivity contribution >= 4 is 17.3 Å². The van der Waals surface area contributed by atoms with Crippen LogP contribution in [0.25, 0.3) is 0 Å². The maximum atomic E-state index is 8.99. The number of hydrogen-bond acceptors (Lipinski definition) is 3. The Kier molecular flexibility index (Phi) is 4.80. The lowest BCUT2D eigenvalue weighted by molar-refractivity contribution is 0.220. The van der Waals surface area contributed by atoms with Crippen LogP contribution < -0.4 is 5.32 Å².